The molecule has 0 radical (unpaired) electrons. The summed E-state index contributed by atoms with van der Waals surface area (Å²) in [7, 11) is 4.08. The summed E-state index contributed by atoms with van der Waals surface area (Å²) in [6, 6.07) is 8.72. The van der Waals surface area contributed by atoms with Gasteiger partial charge < -0.3 is 15.5 Å². The molecule has 132 valence electrons. The maximum Gasteiger partial charge on any atom is 0.191 e. The molecule has 3 rings (SSSR count). The van der Waals surface area contributed by atoms with Crippen LogP contribution in [0, 0.1) is 5.92 Å². The third-order valence-electron chi connectivity index (χ3n) is 5.39. The number of likely N-dealkylation sites (tertiary alicyclic amines) is 1. The Kier molecular flexibility index (Phi) is 5.82. The Bertz CT molecular complexity index is 582. The lowest BCUT2D eigenvalue weighted by atomic mass is 9.96. The molecule has 1 saturated carbocycles. The number of benzene rings is 1. The first-order valence-corrected chi connectivity index (χ1v) is 9.80. The summed E-state index contributed by atoms with van der Waals surface area (Å²) >= 11 is 3.59. The van der Waals surface area contributed by atoms with Gasteiger partial charge in [0.1, 0.15) is 0 Å². The van der Waals surface area contributed by atoms with Gasteiger partial charge in [-0.1, -0.05) is 28.1 Å². The molecule has 2 aliphatic rings. The lowest BCUT2D eigenvalue weighted by Crippen LogP contribution is -2.45. The fourth-order valence-corrected chi connectivity index (χ4v) is 4.09. The molecule has 1 atom stereocenters. The number of rotatable bonds is 5. The van der Waals surface area contributed by atoms with E-state index in [2.05, 4.69) is 67.8 Å². The molecular formula is C19H29BrN4. The average molecular weight is 393 g/mol. The second kappa shape index (κ2) is 7.87. The van der Waals surface area contributed by atoms with Crippen molar-refractivity contribution in [1.29, 1.82) is 0 Å². The van der Waals surface area contributed by atoms with Gasteiger partial charge in [-0.15, -0.1) is 0 Å². The Balaban J connectivity index is 1.49. The molecule has 5 heteroatoms. The van der Waals surface area contributed by atoms with E-state index >= 15 is 0 Å². The largest absolute Gasteiger partial charge is 0.356 e. The van der Waals surface area contributed by atoms with Crippen LogP contribution in [0.4, 0.5) is 0 Å². The maximum atomic E-state index is 4.41. The van der Waals surface area contributed by atoms with Crippen LogP contribution in [0.25, 0.3) is 0 Å². The molecule has 0 bridgehead atoms. The van der Waals surface area contributed by atoms with E-state index in [1.54, 1.807) is 0 Å². The van der Waals surface area contributed by atoms with E-state index in [1.807, 2.05) is 7.05 Å². The Hall–Kier alpha value is -1.07. The normalized spacial score (nSPS) is 23.8. The van der Waals surface area contributed by atoms with Gasteiger partial charge in [-0.25, -0.2) is 0 Å². The van der Waals surface area contributed by atoms with E-state index in [4.69, 9.17) is 0 Å². The molecule has 2 fully saturated rings. The molecule has 0 aromatic heterocycles. The number of hydrogen-bond donors (Lipinski definition) is 2. The van der Waals surface area contributed by atoms with Crippen molar-refractivity contribution in [1.82, 2.24) is 15.5 Å². The van der Waals surface area contributed by atoms with Crippen molar-refractivity contribution in [3.05, 3.63) is 34.3 Å². The summed E-state index contributed by atoms with van der Waals surface area (Å²) in [4.78, 5) is 6.83. The number of piperidine rings is 1. The predicted octanol–water partition coefficient (Wildman–Crippen LogP) is 2.99. The Morgan fingerprint density at radius 2 is 2.21 bits per heavy atom. The average Bonchev–Trinajstić information content (AvgIpc) is 3.36. The number of halogens is 1. The third-order valence-corrected chi connectivity index (χ3v) is 5.88. The van der Waals surface area contributed by atoms with Crippen molar-refractivity contribution in [2.75, 3.05) is 40.3 Å². The minimum atomic E-state index is 0.284. The van der Waals surface area contributed by atoms with Gasteiger partial charge in [0, 0.05) is 36.6 Å². The first-order chi connectivity index (χ1) is 11.6. The molecule has 1 aliphatic heterocycles. The molecular weight excluding hydrogens is 364 g/mol. The molecule has 1 aliphatic carbocycles. The summed E-state index contributed by atoms with van der Waals surface area (Å²) in [5, 5.41) is 7.08. The van der Waals surface area contributed by atoms with Gasteiger partial charge in [-0.2, -0.15) is 0 Å². The summed E-state index contributed by atoms with van der Waals surface area (Å²) in [6.45, 7) is 4.38. The number of guanidine groups is 1. The molecule has 1 aromatic rings. The van der Waals surface area contributed by atoms with E-state index in [0.717, 1.165) is 29.4 Å². The number of hydrogen-bond acceptors (Lipinski definition) is 2. The predicted molar refractivity (Wildman–Crippen MR) is 105 cm³/mol. The first-order valence-electron chi connectivity index (χ1n) is 9.00. The van der Waals surface area contributed by atoms with Gasteiger partial charge in [-0.05, 0) is 62.9 Å². The van der Waals surface area contributed by atoms with Crippen molar-refractivity contribution >= 4 is 21.9 Å². The number of aliphatic imine (C=N–C) groups is 1. The zero-order valence-electron chi connectivity index (χ0n) is 14.8. The summed E-state index contributed by atoms with van der Waals surface area (Å²) in [5.41, 5.74) is 1.71. The highest BCUT2D eigenvalue weighted by molar-refractivity contribution is 9.10. The van der Waals surface area contributed by atoms with Crippen LogP contribution in [0.3, 0.4) is 0 Å². The van der Waals surface area contributed by atoms with Crippen molar-refractivity contribution in [3.8, 4) is 0 Å². The minimum Gasteiger partial charge on any atom is -0.356 e. The first kappa shape index (κ1) is 17.7. The second-order valence-electron chi connectivity index (χ2n) is 7.37. The summed E-state index contributed by atoms with van der Waals surface area (Å²) in [6.07, 6.45) is 5.12. The van der Waals surface area contributed by atoms with Crippen LogP contribution >= 0.6 is 15.9 Å². The Labute approximate surface area is 154 Å². The zero-order chi connectivity index (χ0) is 17.0. The van der Waals surface area contributed by atoms with Crippen molar-refractivity contribution < 1.29 is 0 Å². The van der Waals surface area contributed by atoms with E-state index < -0.39 is 0 Å². The standard InChI is InChI=1S/C19H29BrN4/c1-21-18(22-12-15-5-4-10-24(2)13-15)23-14-19(8-9-19)16-6-3-7-17(20)11-16/h3,6-7,11,15H,4-5,8-10,12-14H2,1-2H3,(H2,21,22,23). The van der Waals surface area contributed by atoms with Crippen LogP contribution < -0.4 is 10.6 Å². The lowest BCUT2D eigenvalue weighted by Gasteiger charge is -2.30. The second-order valence-corrected chi connectivity index (χ2v) is 8.28. The van der Waals surface area contributed by atoms with Gasteiger partial charge in [0.2, 0.25) is 0 Å². The quantitative estimate of drug-likeness (QED) is 0.597. The van der Waals surface area contributed by atoms with Gasteiger partial charge in [0.15, 0.2) is 5.96 Å². The van der Waals surface area contributed by atoms with Crippen molar-refractivity contribution in [3.63, 3.8) is 0 Å². The van der Waals surface area contributed by atoms with Crippen molar-refractivity contribution in [2.45, 2.75) is 31.1 Å². The van der Waals surface area contributed by atoms with Gasteiger partial charge in [0.05, 0.1) is 0 Å². The molecule has 1 aromatic carbocycles. The summed E-state index contributed by atoms with van der Waals surface area (Å²) < 4.78 is 1.16. The van der Waals surface area contributed by atoms with Crippen molar-refractivity contribution in [2.24, 2.45) is 10.9 Å². The Morgan fingerprint density at radius 3 is 2.88 bits per heavy atom. The monoisotopic (exact) mass is 392 g/mol. The van der Waals surface area contributed by atoms with E-state index in [9.17, 15) is 0 Å². The van der Waals surface area contributed by atoms with Crippen LogP contribution in [0.5, 0.6) is 0 Å². The van der Waals surface area contributed by atoms with E-state index in [1.165, 1.54) is 44.3 Å². The van der Waals surface area contributed by atoms with Crippen LogP contribution in [0.2, 0.25) is 0 Å². The van der Waals surface area contributed by atoms with Gasteiger partial charge in [0.25, 0.3) is 0 Å². The van der Waals surface area contributed by atoms with Crippen LogP contribution in [-0.2, 0) is 5.41 Å². The van der Waals surface area contributed by atoms with Gasteiger partial charge >= 0.3 is 0 Å². The van der Waals surface area contributed by atoms with Crippen LogP contribution in [0.1, 0.15) is 31.2 Å². The van der Waals surface area contributed by atoms with Crippen LogP contribution in [-0.4, -0.2) is 51.1 Å². The molecule has 1 unspecified atom stereocenters. The third kappa shape index (κ3) is 4.51. The molecule has 0 spiro atoms. The topological polar surface area (TPSA) is 39.7 Å². The molecule has 1 heterocycles. The molecule has 1 saturated heterocycles. The van der Waals surface area contributed by atoms with E-state index in [0.29, 0.717) is 0 Å². The van der Waals surface area contributed by atoms with Crippen LogP contribution in [0.15, 0.2) is 33.7 Å². The molecule has 4 nitrogen and oxygen atoms in total. The minimum absolute atomic E-state index is 0.284. The zero-order valence-corrected chi connectivity index (χ0v) is 16.4. The van der Waals surface area contributed by atoms with E-state index in [-0.39, 0.29) is 5.41 Å². The number of nitrogens with zero attached hydrogens (tertiary/aromatic N) is 2. The molecule has 0 amide bonds. The highest BCUT2D eigenvalue weighted by atomic mass is 79.9. The fraction of sp³-hybridized carbons (Fsp3) is 0.632. The maximum absolute atomic E-state index is 4.41. The Morgan fingerprint density at radius 1 is 1.38 bits per heavy atom. The fourth-order valence-electron chi connectivity index (χ4n) is 3.69. The van der Waals surface area contributed by atoms with Gasteiger partial charge in [-0.3, -0.25) is 4.99 Å². The highest BCUT2D eigenvalue weighted by Gasteiger charge is 2.44. The highest BCUT2D eigenvalue weighted by Crippen LogP contribution is 2.48. The smallest absolute Gasteiger partial charge is 0.191 e. The number of nitrogens with one attached hydrogen (secondary N) is 2. The summed E-state index contributed by atoms with van der Waals surface area (Å²) in [5.74, 6) is 1.66. The molecule has 24 heavy (non-hydrogen) atoms. The lowest BCUT2D eigenvalue weighted by molar-refractivity contribution is 0.210. The SMILES string of the molecule is CN=C(NCC1CCCN(C)C1)NCC1(c2cccc(Br)c2)CC1. The molecule has 2 N–H and O–H groups in total.